The molecule has 0 radical (unpaired) electrons. The Kier molecular flexibility index (Phi) is 23.9. The topological polar surface area (TPSA) is 157 Å². The molecule has 0 atom stereocenters. The number of nitrogens with zero attached hydrogens (tertiary/aromatic N) is 8. The summed E-state index contributed by atoms with van der Waals surface area (Å²) < 4.78 is 30.7. The van der Waals surface area contributed by atoms with Gasteiger partial charge in [-0.15, -0.1) is 10.2 Å². The average molecular weight is 1360 g/mol. The van der Waals surface area contributed by atoms with Crippen molar-refractivity contribution in [2.24, 2.45) is 0 Å². The molecule has 0 bridgehead atoms. The summed E-state index contributed by atoms with van der Waals surface area (Å²) in [5.74, 6) is 1.53. The number of halogens is 7. The number of rotatable bonds is 4. The molecule has 1 N–H and O–H groups in total. The predicted molar refractivity (Wildman–Crippen MR) is 205 cm³/mol. The summed E-state index contributed by atoms with van der Waals surface area (Å²) in [4.78, 5) is 23.3. The van der Waals surface area contributed by atoms with E-state index in [4.69, 9.17) is 40.3 Å². The van der Waals surface area contributed by atoms with Gasteiger partial charge in [-0.3, -0.25) is 4.79 Å². The van der Waals surface area contributed by atoms with Crippen molar-refractivity contribution in [3.8, 4) is 0 Å². The zero-order valence-electron chi connectivity index (χ0n) is 23.2. The Balaban J connectivity index is 0.000000250. The Morgan fingerprint density at radius 2 is 1.26 bits per heavy atom. The third kappa shape index (κ3) is 15.3. The molecule has 4 aromatic rings. The molecular formula is C22H24Cl2I5MnN8O6V2. The maximum atomic E-state index is 10.8. The van der Waals surface area contributed by atoms with Crippen molar-refractivity contribution < 1.29 is 56.3 Å². The average Bonchev–Trinajstić information content (AvgIpc) is 3.66. The van der Waals surface area contributed by atoms with Crippen molar-refractivity contribution >= 4 is 152 Å². The van der Waals surface area contributed by atoms with Crippen LogP contribution in [0.15, 0.2) is 24.5 Å². The molecule has 254 valence electrons. The first-order valence-corrected chi connectivity index (χ1v) is 36.8. The van der Waals surface area contributed by atoms with Crippen molar-refractivity contribution in [1.29, 1.82) is 0 Å². The molecule has 2 fully saturated rings. The quantitative estimate of drug-likeness (QED) is 0.146. The first kappa shape index (κ1) is 44.1. The first-order chi connectivity index (χ1) is 22.1. The van der Waals surface area contributed by atoms with Gasteiger partial charge in [0, 0.05) is 44.1 Å². The molecule has 46 heavy (non-hydrogen) atoms. The van der Waals surface area contributed by atoms with Gasteiger partial charge in [-0.1, -0.05) is 0 Å². The van der Waals surface area contributed by atoms with E-state index in [1.807, 2.05) is 6.07 Å². The summed E-state index contributed by atoms with van der Waals surface area (Å²) in [7, 11) is 0.628. The van der Waals surface area contributed by atoms with E-state index < -0.39 is 14.8 Å². The normalized spacial score (nSPS) is 14.1. The van der Waals surface area contributed by atoms with E-state index in [1.54, 1.807) is 27.5 Å². The van der Waals surface area contributed by atoms with Crippen LogP contribution < -0.4 is 9.80 Å². The minimum absolute atomic E-state index is 0.0243. The van der Waals surface area contributed by atoms with Gasteiger partial charge in [0.2, 0.25) is 10.6 Å². The molecule has 6 rings (SSSR count). The molecule has 2 saturated heterocycles. The Morgan fingerprint density at radius 1 is 0.870 bits per heavy atom. The van der Waals surface area contributed by atoms with Crippen LogP contribution in [0.4, 0.5) is 11.6 Å². The SMILES string of the molecule is O=Cc1cc2c(N3CCOCC3)nc(Cl)nn2c1.OCc1cc2c(N3CCOCC3)nc(Cl)nn2c1.[I][V]([I])[I].[I][V][I].[O]=[Mn]=[O]. The Morgan fingerprint density at radius 3 is 1.65 bits per heavy atom. The summed E-state index contributed by atoms with van der Waals surface area (Å²) in [6.07, 6.45) is 4.18. The second-order valence-electron chi connectivity index (χ2n) is 8.48. The fraction of sp³-hybridized carbons (Fsp3) is 0.409. The molecule has 0 amide bonds. The summed E-state index contributed by atoms with van der Waals surface area (Å²) in [6, 6.07) is 3.63. The molecule has 6 heterocycles. The number of fused-ring (bicyclic) bond motifs is 2. The first-order valence-electron chi connectivity index (χ1n) is 12.5. The van der Waals surface area contributed by atoms with Gasteiger partial charge in [0.1, 0.15) is 11.0 Å². The number of morpholine rings is 2. The molecule has 4 aromatic heterocycles. The van der Waals surface area contributed by atoms with E-state index in [-0.39, 0.29) is 22.1 Å². The molecule has 0 aliphatic carbocycles. The molecular weight excluding hydrogens is 1330 g/mol. The number of aliphatic hydroxyl groups is 1. The summed E-state index contributed by atoms with van der Waals surface area (Å²) >= 11 is 22.5. The van der Waals surface area contributed by atoms with E-state index in [1.165, 1.54) is 0 Å². The Bertz CT molecular complexity index is 1560. The van der Waals surface area contributed by atoms with Crippen LogP contribution in [-0.2, 0) is 53.0 Å². The molecule has 2 aliphatic heterocycles. The molecule has 0 saturated carbocycles. The van der Waals surface area contributed by atoms with Crippen LogP contribution in [0.5, 0.6) is 0 Å². The van der Waals surface area contributed by atoms with Crippen molar-refractivity contribution in [3.05, 3.63) is 46.2 Å². The van der Waals surface area contributed by atoms with Gasteiger partial charge in [0.05, 0.1) is 33.0 Å². The molecule has 14 nitrogen and oxygen atoms in total. The van der Waals surface area contributed by atoms with Crippen LogP contribution >= 0.6 is 123 Å². The summed E-state index contributed by atoms with van der Waals surface area (Å²) in [5.41, 5.74) is 2.98. The van der Waals surface area contributed by atoms with Crippen LogP contribution in [-0.4, -0.2) is 93.2 Å². The van der Waals surface area contributed by atoms with E-state index in [0.717, 1.165) is 60.7 Å². The van der Waals surface area contributed by atoms with E-state index >= 15 is 0 Å². The number of hydrogen-bond acceptors (Lipinski definition) is 12. The third-order valence-corrected chi connectivity index (χ3v) is 6.17. The molecule has 0 unspecified atom stereocenters. The van der Waals surface area contributed by atoms with Crippen LogP contribution in [0.2, 0.25) is 10.6 Å². The van der Waals surface area contributed by atoms with Gasteiger partial charge in [-0.25, -0.2) is 9.03 Å². The Hall–Kier alpha value is 1.91. The molecule has 2 aliphatic rings. The van der Waals surface area contributed by atoms with Gasteiger partial charge < -0.3 is 24.4 Å². The number of anilines is 2. The number of ether oxygens (including phenoxy) is 2. The van der Waals surface area contributed by atoms with Crippen LogP contribution in [0.1, 0.15) is 15.9 Å². The number of carbonyl (C=O) groups is 1. The number of aromatic nitrogens is 6. The summed E-state index contributed by atoms with van der Waals surface area (Å²) in [5, 5.41) is 17.7. The second-order valence-corrected chi connectivity index (χ2v) is 56.5. The van der Waals surface area contributed by atoms with Crippen molar-refractivity contribution in [1.82, 2.24) is 29.2 Å². The van der Waals surface area contributed by atoms with E-state index in [0.29, 0.717) is 41.5 Å². The number of carbonyl (C=O) groups excluding carboxylic acids is 1. The molecule has 0 spiro atoms. The minimum atomic E-state index is -1.44. The van der Waals surface area contributed by atoms with Gasteiger partial charge in [-0.05, 0) is 40.9 Å². The van der Waals surface area contributed by atoms with E-state index in [9.17, 15) is 9.90 Å². The maximum absolute atomic E-state index is 10.8. The van der Waals surface area contributed by atoms with Crippen molar-refractivity contribution in [2.75, 3.05) is 62.4 Å². The van der Waals surface area contributed by atoms with Gasteiger partial charge in [0.25, 0.3) is 0 Å². The van der Waals surface area contributed by atoms with Crippen LogP contribution in [0.3, 0.4) is 0 Å². The zero-order valence-corrected chi connectivity index (χ0v) is 39.5. The Labute approximate surface area is 347 Å². The van der Waals surface area contributed by atoms with Crippen LogP contribution in [0, 0.1) is 0 Å². The van der Waals surface area contributed by atoms with Crippen molar-refractivity contribution in [3.63, 3.8) is 0 Å². The van der Waals surface area contributed by atoms with Crippen molar-refractivity contribution in [2.45, 2.75) is 6.61 Å². The van der Waals surface area contributed by atoms with Crippen LogP contribution in [0.25, 0.3) is 11.0 Å². The van der Waals surface area contributed by atoms with E-state index in [2.05, 4.69) is 130 Å². The third-order valence-electron chi connectivity index (χ3n) is 5.85. The van der Waals surface area contributed by atoms with Gasteiger partial charge >= 0.3 is 137 Å². The number of aliphatic hydroxyl groups excluding tert-OH is 1. The van der Waals surface area contributed by atoms with Gasteiger partial charge in [0.15, 0.2) is 17.9 Å². The molecule has 24 heteroatoms. The fourth-order valence-corrected chi connectivity index (χ4v) is 4.48. The fourth-order valence-electron chi connectivity index (χ4n) is 4.16. The number of hydrogen-bond donors (Lipinski definition) is 1. The van der Waals surface area contributed by atoms with Gasteiger partial charge in [-0.2, -0.15) is 9.97 Å². The monoisotopic (exact) mass is 1360 g/mol. The number of aldehydes is 1. The molecule has 0 aromatic carbocycles. The second kappa shape index (κ2) is 25.0. The zero-order chi connectivity index (χ0) is 34.1. The summed E-state index contributed by atoms with van der Waals surface area (Å²) in [6.45, 7) is 5.73. The standard InChI is InChI=1S/C11H13ClN4O2.C11H11ClN4O2.5HI.Mn.2O.2V/c2*12-11-13-10(15-1-3-18-4-2-15)9-5-8(7-17)6-16(9)14-11;;;;;;;;;;/h5-6,17H,1-4,7H2;5-7H,1-4H2;5*1H;;;;;/q;;;;;;;;;;+2;+3/p-5. The predicted octanol–water partition coefficient (Wildman–Crippen LogP) is 5.93.